The van der Waals surface area contributed by atoms with Crippen molar-refractivity contribution in [1.82, 2.24) is 9.13 Å². The highest BCUT2D eigenvalue weighted by atomic mass is 35.5. The Bertz CT molecular complexity index is 1370. The topological polar surface area (TPSA) is 82.3 Å². The van der Waals surface area contributed by atoms with Crippen LogP contribution in [0.15, 0.2) is 69.6 Å². The van der Waals surface area contributed by atoms with Crippen molar-refractivity contribution in [3.05, 3.63) is 85.8 Å². The first-order valence-electron chi connectivity index (χ1n) is 8.91. The van der Waals surface area contributed by atoms with Crippen LogP contribution in [0.4, 0.5) is 5.69 Å². The molecule has 2 heterocycles. The van der Waals surface area contributed by atoms with Gasteiger partial charge in [0.2, 0.25) is 5.91 Å². The molecule has 0 aliphatic heterocycles. The number of ether oxygens (including phenoxy) is 1. The van der Waals surface area contributed by atoms with Crippen LogP contribution in [-0.2, 0) is 11.3 Å². The average molecular weight is 442 g/mol. The molecule has 0 radical (unpaired) electrons. The minimum Gasteiger partial charge on any atom is -0.495 e. The predicted octanol–water partition coefficient (Wildman–Crippen LogP) is 3.51. The Labute approximate surface area is 179 Å². The Balaban J connectivity index is 1.82. The predicted molar refractivity (Wildman–Crippen MR) is 118 cm³/mol. The minimum absolute atomic E-state index is 0.270. The Hall–Kier alpha value is -3.36. The van der Waals surface area contributed by atoms with E-state index in [2.05, 4.69) is 5.32 Å². The number of hydrogen-bond acceptors (Lipinski definition) is 5. The van der Waals surface area contributed by atoms with E-state index < -0.39 is 17.2 Å². The SMILES string of the molecule is COc1ccccc1-n1c(=O)c2sccc2n(CC(=O)Nc2cccc(Cl)c2)c1=O. The van der Waals surface area contributed by atoms with Crippen molar-refractivity contribution >= 4 is 44.7 Å². The molecule has 0 saturated heterocycles. The van der Waals surface area contributed by atoms with E-state index in [1.54, 1.807) is 60.0 Å². The highest BCUT2D eigenvalue weighted by Gasteiger charge is 2.19. The van der Waals surface area contributed by atoms with Crippen molar-refractivity contribution in [2.24, 2.45) is 0 Å². The molecule has 0 saturated carbocycles. The average Bonchev–Trinajstić information content (AvgIpc) is 3.22. The van der Waals surface area contributed by atoms with Crippen LogP contribution in [0.2, 0.25) is 5.02 Å². The lowest BCUT2D eigenvalue weighted by molar-refractivity contribution is -0.116. The number of rotatable bonds is 5. The summed E-state index contributed by atoms with van der Waals surface area (Å²) >= 11 is 7.17. The van der Waals surface area contributed by atoms with Crippen molar-refractivity contribution in [3.63, 3.8) is 0 Å². The first-order chi connectivity index (χ1) is 14.5. The summed E-state index contributed by atoms with van der Waals surface area (Å²) in [6.45, 7) is -0.270. The molecule has 0 atom stereocenters. The first-order valence-corrected chi connectivity index (χ1v) is 10.2. The number of nitrogens with zero attached hydrogens (tertiary/aromatic N) is 2. The number of para-hydroxylation sites is 2. The summed E-state index contributed by atoms with van der Waals surface area (Å²) < 4.78 is 8.00. The molecule has 2 aromatic carbocycles. The fourth-order valence-corrected chi connectivity index (χ4v) is 4.19. The van der Waals surface area contributed by atoms with Gasteiger partial charge in [-0.1, -0.05) is 29.8 Å². The van der Waals surface area contributed by atoms with E-state index >= 15 is 0 Å². The van der Waals surface area contributed by atoms with Crippen LogP contribution in [-0.4, -0.2) is 22.2 Å². The second kappa shape index (κ2) is 8.17. The van der Waals surface area contributed by atoms with Crippen LogP contribution >= 0.6 is 22.9 Å². The molecule has 4 aromatic rings. The zero-order valence-corrected chi connectivity index (χ0v) is 17.4. The van der Waals surface area contributed by atoms with Crippen molar-refractivity contribution in [2.45, 2.75) is 6.54 Å². The molecule has 1 amide bonds. The number of anilines is 1. The van der Waals surface area contributed by atoms with E-state index in [0.29, 0.717) is 32.4 Å². The van der Waals surface area contributed by atoms with Gasteiger partial charge in [0.15, 0.2) is 0 Å². The van der Waals surface area contributed by atoms with Gasteiger partial charge >= 0.3 is 5.69 Å². The summed E-state index contributed by atoms with van der Waals surface area (Å²) in [5, 5.41) is 4.91. The maximum Gasteiger partial charge on any atom is 0.336 e. The molecule has 30 heavy (non-hydrogen) atoms. The van der Waals surface area contributed by atoms with Crippen LogP contribution < -0.4 is 21.3 Å². The lowest BCUT2D eigenvalue weighted by atomic mass is 10.3. The van der Waals surface area contributed by atoms with Crippen molar-refractivity contribution < 1.29 is 9.53 Å². The van der Waals surface area contributed by atoms with Gasteiger partial charge in [0.1, 0.15) is 17.0 Å². The summed E-state index contributed by atoms with van der Waals surface area (Å²) in [7, 11) is 1.46. The highest BCUT2D eigenvalue weighted by molar-refractivity contribution is 7.17. The van der Waals surface area contributed by atoms with Crippen LogP contribution in [0.25, 0.3) is 15.9 Å². The molecule has 4 rings (SSSR count). The van der Waals surface area contributed by atoms with Crippen LogP contribution in [0.5, 0.6) is 5.75 Å². The normalized spacial score (nSPS) is 10.9. The molecule has 7 nitrogen and oxygen atoms in total. The van der Waals surface area contributed by atoms with Crippen molar-refractivity contribution in [1.29, 1.82) is 0 Å². The molecule has 0 fully saturated rings. The number of hydrogen-bond donors (Lipinski definition) is 1. The van der Waals surface area contributed by atoms with Crippen molar-refractivity contribution in [3.8, 4) is 11.4 Å². The quantitative estimate of drug-likeness (QED) is 0.513. The van der Waals surface area contributed by atoms with Gasteiger partial charge in [-0.05, 0) is 41.8 Å². The maximum atomic E-state index is 13.3. The Morgan fingerprint density at radius 2 is 1.93 bits per heavy atom. The van der Waals surface area contributed by atoms with Gasteiger partial charge < -0.3 is 10.1 Å². The molecule has 0 bridgehead atoms. The molecule has 1 N–H and O–H groups in total. The monoisotopic (exact) mass is 441 g/mol. The Morgan fingerprint density at radius 3 is 2.70 bits per heavy atom. The lowest BCUT2D eigenvalue weighted by Crippen LogP contribution is -2.40. The Morgan fingerprint density at radius 1 is 1.13 bits per heavy atom. The third-order valence-corrected chi connectivity index (χ3v) is 5.62. The zero-order chi connectivity index (χ0) is 21.3. The summed E-state index contributed by atoms with van der Waals surface area (Å²) in [5.74, 6) is -0.0420. The molecular weight excluding hydrogens is 426 g/mol. The van der Waals surface area contributed by atoms with Crippen LogP contribution in [0.3, 0.4) is 0 Å². The van der Waals surface area contributed by atoms with Gasteiger partial charge in [-0.2, -0.15) is 0 Å². The third-order valence-electron chi connectivity index (χ3n) is 4.49. The van der Waals surface area contributed by atoms with Crippen LogP contribution in [0.1, 0.15) is 0 Å². The number of fused-ring (bicyclic) bond motifs is 1. The number of benzene rings is 2. The number of nitrogens with one attached hydrogen (secondary N) is 1. The summed E-state index contributed by atoms with van der Waals surface area (Å²) in [5.41, 5.74) is 0.148. The van der Waals surface area contributed by atoms with Gasteiger partial charge in [-0.3, -0.25) is 14.2 Å². The number of amides is 1. The lowest BCUT2D eigenvalue weighted by Gasteiger charge is -2.14. The van der Waals surface area contributed by atoms with Crippen molar-refractivity contribution in [2.75, 3.05) is 12.4 Å². The highest BCUT2D eigenvalue weighted by Crippen LogP contribution is 2.22. The van der Waals surface area contributed by atoms with E-state index in [0.717, 1.165) is 4.57 Å². The molecule has 0 spiro atoms. The fourth-order valence-electron chi connectivity index (χ4n) is 3.18. The van der Waals surface area contributed by atoms with Gasteiger partial charge in [-0.15, -0.1) is 11.3 Å². The standard InChI is InChI=1S/C21H16ClN3O4S/c1-29-17-8-3-2-7-15(17)25-20(27)19-16(9-10-30-19)24(21(25)28)12-18(26)23-14-6-4-5-13(22)11-14/h2-11H,12H2,1H3,(H,23,26). The van der Waals surface area contributed by atoms with Crippen LogP contribution in [0, 0.1) is 0 Å². The summed E-state index contributed by atoms with van der Waals surface area (Å²) in [6, 6.07) is 15.1. The molecule has 0 unspecified atom stereocenters. The third kappa shape index (κ3) is 3.62. The minimum atomic E-state index is -0.628. The molecule has 0 aliphatic carbocycles. The maximum absolute atomic E-state index is 13.3. The number of halogens is 1. The van der Waals surface area contributed by atoms with E-state index in [-0.39, 0.29) is 6.54 Å². The largest absolute Gasteiger partial charge is 0.495 e. The zero-order valence-electron chi connectivity index (χ0n) is 15.8. The van der Waals surface area contributed by atoms with Gasteiger partial charge in [-0.25, -0.2) is 9.36 Å². The van der Waals surface area contributed by atoms with Gasteiger partial charge in [0, 0.05) is 10.7 Å². The van der Waals surface area contributed by atoms with Gasteiger partial charge in [0.25, 0.3) is 5.56 Å². The fraction of sp³-hybridized carbons (Fsp3) is 0.0952. The Kier molecular flexibility index (Phi) is 5.43. The van der Waals surface area contributed by atoms with E-state index in [9.17, 15) is 14.4 Å². The number of thiophene rings is 1. The molecule has 152 valence electrons. The molecular formula is C21H16ClN3O4S. The van der Waals surface area contributed by atoms with E-state index in [1.165, 1.54) is 23.0 Å². The molecule has 0 aliphatic rings. The summed E-state index contributed by atoms with van der Waals surface area (Å²) in [4.78, 5) is 39.0. The van der Waals surface area contributed by atoms with Gasteiger partial charge in [0.05, 0.1) is 18.3 Å². The first kappa shape index (κ1) is 19.9. The number of methoxy groups -OCH3 is 1. The van der Waals surface area contributed by atoms with E-state index in [1.807, 2.05) is 0 Å². The second-order valence-corrected chi connectivity index (χ2v) is 7.73. The molecule has 2 aromatic heterocycles. The smallest absolute Gasteiger partial charge is 0.336 e. The summed E-state index contributed by atoms with van der Waals surface area (Å²) in [6.07, 6.45) is 0. The number of aromatic nitrogens is 2. The number of carbonyl (C=O) groups excluding carboxylic acids is 1. The molecule has 9 heteroatoms. The second-order valence-electron chi connectivity index (χ2n) is 6.37. The van der Waals surface area contributed by atoms with E-state index in [4.69, 9.17) is 16.3 Å². The number of carbonyl (C=O) groups is 1.